The minimum absolute atomic E-state index is 0.0623. The first-order valence-corrected chi connectivity index (χ1v) is 7.53. The third-order valence-electron chi connectivity index (χ3n) is 2.41. The molecule has 0 saturated carbocycles. The van der Waals surface area contributed by atoms with Gasteiger partial charge in [0.2, 0.25) is 10.0 Å². The molecular weight excluding hydrogens is 272 g/mol. The first-order valence-electron chi connectivity index (χ1n) is 5.66. The predicted molar refractivity (Wildman–Crippen MR) is 75.1 cm³/mol. The van der Waals surface area contributed by atoms with Crippen LogP contribution in [0.2, 0.25) is 5.02 Å². The molecule has 0 atom stereocenters. The molecule has 0 radical (unpaired) electrons. The Balaban J connectivity index is 2.81. The van der Waals surface area contributed by atoms with Crippen molar-refractivity contribution in [1.29, 1.82) is 0 Å². The second kappa shape index (κ2) is 5.47. The molecule has 0 aliphatic carbocycles. The lowest BCUT2D eigenvalue weighted by molar-refractivity contribution is 0.378. The van der Waals surface area contributed by atoms with E-state index in [9.17, 15) is 8.42 Å². The van der Waals surface area contributed by atoms with Crippen LogP contribution < -0.4 is 10.5 Å². The minimum Gasteiger partial charge on any atom is -0.399 e. The van der Waals surface area contributed by atoms with Gasteiger partial charge in [-0.1, -0.05) is 32.4 Å². The molecule has 1 aromatic carbocycles. The van der Waals surface area contributed by atoms with Gasteiger partial charge in [0.1, 0.15) is 4.90 Å². The summed E-state index contributed by atoms with van der Waals surface area (Å²) in [7, 11) is -3.57. The number of nitrogens with one attached hydrogen (secondary N) is 1. The second-order valence-corrected chi connectivity index (χ2v) is 7.54. The van der Waals surface area contributed by atoms with Gasteiger partial charge in [-0.2, -0.15) is 0 Å². The van der Waals surface area contributed by atoms with Gasteiger partial charge in [-0.05, 0) is 30.0 Å². The predicted octanol–water partition coefficient (Wildman–Crippen LogP) is 2.64. The van der Waals surface area contributed by atoms with Crippen LogP contribution in [0, 0.1) is 5.41 Å². The summed E-state index contributed by atoms with van der Waals surface area (Å²) in [5.74, 6) is 0. The first-order chi connectivity index (χ1) is 8.12. The summed E-state index contributed by atoms with van der Waals surface area (Å²) in [6.45, 7) is 6.54. The molecule has 0 aliphatic heterocycles. The van der Waals surface area contributed by atoms with E-state index in [1.807, 2.05) is 0 Å². The fourth-order valence-electron chi connectivity index (χ4n) is 1.37. The molecule has 3 N–H and O–H groups in total. The number of sulfonamides is 1. The van der Waals surface area contributed by atoms with E-state index in [-0.39, 0.29) is 15.3 Å². The Morgan fingerprint density at radius 2 is 1.94 bits per heavy atom. The van der Waals surface area contributed by atoms with Crippen molar-refractivity contribution in [3.8, 4) is 0 Å². The van der Waals surface area contributed by atoms with E-state index >= 15 is 0 Å². The molecule has 0 heterocycles. The lowest BCUT2D eigenvalue weighted by Gasteiger charge is -2.18. The summed E-state index contributed by atoms with van der Waals surface area (Å²) in [6, 6.07) is 4.36. The lowest BCUT2D eigenvalue weighted by Crippen LogP contribution is -2.27. The number of rotatable bonds is 4. The van der Waals surface area contributed by atoms with Crippen molar-refractivity contribution in [2.75, 3.05) is 12.3 Å². The van der Waals surface area contributed by atoms with Gasteiger partial charge in [-0.15, -0.1) is 0 Å². The molecule has 6 heteroatoms. The van der Waals surface area contributed by atoms with Crippen molar-refractivity contribution in [1.82, 2.24) is 4.72 Å². The highest BCUT2D eigenvalue weighted by Crippen LogP contribution is 2.24. The van der Waals surface area contributed by atoms with Gasteiger partial charge in [-0.25, -0.2) is 13.1 Å². The van der Waals surface area contributed by atoms with E-state index in [0.29, 0.717) is 12.2 Å². The van der Waals surface area contributed by atoms with Crippen LogP contribution in [0.1, 0.15) is 27.2 Å². The van der Waals surface area contributed by atoms with E-state index in [2.05, 4.69) is 25.5 Å². The molecule has 0 aromatic heterocycles. The van der Waals surface area contributed by atoms with E-state index in [1.54, 1.807) is 0 Å². The first kappa shape index (κ1) is 15.3. The van der Waals surface area contributed by atoms with Gasteiger partial charge in [-0.3, -0.25) is 0 Å². The van der Waals surface area contributed by atoms with Crippen LogP contribution in [0.4, 0.5) is 5.69 Å². The number of halogens is 1. The van der Waals surface area contributed by atoms with Crippen LogP contribution in [0.15, 0.2) is 23.1 Å². The summed E-state index contributed by atoms with van der Waals surface area (Å²) in [5, 5.41) is 0.137. The van der Waals surface area contributed by atoms with Crippen molar-refractivity contribution in [3.63, 3.8) is 0 Å². The molecule has 4 nitrogen and oxygen atoms in total. The zero-order valence-electron chi connectivity index (χ0n) is 10.8. The smallest absolute Gasteiger partial charge is 0.242 e. The van der Waals surface area contributed by atoms with E-state index in [4.69, 9.17) is 17.3 Å². The zero-order valence-corrected chi connectivity index (χ0v) is 12.4. The van der Waals surface area contributed by atoms with Crippen molar-refractivity contribution in [3.05, 3.63) is 23.2 Å². The highest BCUT2D eigenvalue weighted by Gasteiger charge is 2.19. The van der Waals surface area contributed by atoms with Gasteiger partial charge < -0.3 is 5.73 Å². The average molecular weight is 291 g/mol. The molecule has 0 fully saturated rings. The van der Waals surface area contributed by atoms with Crippen molar-refractivity contribution in [2.45, 2.75) is 32.1 Å². The standard InChI is InChI=1S/C12H19ClN2O2S/c1-12(2,3)6-7-15-18(16,17)11-5-4-9(14)8-10(11)13/h4-5,8,15H,6-7,14H2,1-3H3. The molecule has 0 aliphatic rings. The van der Waals surface area contributed by atoms with Gasteiger partial charge >= 0.3 is 0 Å². The zero-order chi connectivity index (χ0) is 14.0. The summed E-state index contributed by atoms with van der Waals surface area (Å²) >= 11 is 5.88. The van der Waals surface area contributed by atoms with Crippen LogP contribution in [-0.2, 0) is 10.0 Å². The molecule has 0 spiro atoms. The topological polar surface area (TPSA) is 72.2 Å². The number of hydrogen-bond acceptors (Lipinski definition) is 3. The van der Waals surface area contributed by atoms with Gasteiger partial charge in [0.25, 0.3) is 0 Å². The normalized spacial score (nSPS) is 12.7. The molecular formula is C12H19ClN2O2S. The molecule has 0 unspecified atom stereocenters. The molecule has 102 valence electrons. The molecule has 0 saturated heterocycles. The Morgan fingerprint density at radius 1 is 1.33 bits per heavy atom. The Labute approximate surface area is 114 Å². The molecule has 1 rings (SSSR count). The monoisotopic (exact) mass is 290 g/mol. The third-order valence-corrected chi connectivity index (χ3v) is 4.36. The summed E-state index contributed by atoms with van der Waals surface area (Å²) in [5.41, 5.74) is 6.04. The fraction of sp³-hybridized carbons (Fsp3) is 0.500. The maximum Gasteiger partial charge on any atom is 0.242 e. The van der Waals surface area contributed by atoms with E-state index in [0.717, 1.165) is 6.42 Å². The summed E-state index contributed by atoms with van der Waals surface area (Å²) in [4.78, 5) is 0.0623. The SMILES string of the molecule is CC(C)(C)CCNS(=O)(=O)c1ccc(N)cc1Cl. The van der Waals surface area contributed by atoms with E-state index in [1.165, 1.54) is 18.2 Å². The largest absolute Gasteiger partial charge is 0.399 e. The second-order valence-electron chi connectivity index (χ2n) is 5.40. The third kappa shape index (κ3) is 4.48. The van der Waals surface area contributed by atoms with Crippen LogP contribution >= 0.6 is 11.6 Å². The number of benzene rings is 1. The van der Waals surface area contributed by atoms with Crippen molar-refractivity contribution in [2.24, 2.45) is 5.41 Å². The van der Waals surface area contributed by atoms with Gasteiger partial charge in [0, 0.05) is 12.2 Å². The number of hydrogen-bond donors (Lipinski definition) is 2. The number of nitrogens with two attached hydrogens (primary N) is 1. The number of anilines is 1. The summed E-state index contributed by atoms with van der Waals surface area (Å²) in [6.07, 6.45) is 0.749. The van der Waals surface area contributed by atoms with Gasteiger partial charge in [0.05, 0.1) is 5.02 Å². The fourth-order valence-corrected chi connectivity index (χ4v) is 2.96. The molecule has 0 bridgehead atoms. The highest BCUT2D eigenvalue weighted by atomic mass is 35.5. The maximum absolute atomic E-state index is 12.0. The van der Waals surface area contributed by atoms with Crippen LogP contribution in [0.3, 0.4) is 0 Å². The Hall–Kier alpha value is -0.780. The Kier molecular flexibility index (Phi) is 4.64. The Bertz CT molecular complexity index is 521. The molecule has 18 heavy (non-hydrogen) atoms. The quantitative estimate of drug-likeness (QED) is 0.837. The maximum atomic E-state index is 12.0. The number of nitrogen functional groups attached to an aromatic ring is 1. The van der Waals surface area contributed by atoms with Crippen LogP contribution in [-0.4, -0.2) is 15.0 Å². The average Bonchev–Trinajstić information content (AvgIpc) is 2.13. The molecule has 0 amide bonds. The van der Waals surface area contributed by atoms with Gasteiger partial charge in [0.15, 0.2) is 0 Å². The summed E-state index contributed by atoms with van der Waals surface area (Å²) < 4.78 is 26.6. The minimum atomic E-state index is -3.57. The molecule has 1 aromatic rings. The lowest BCUT2D eigenvalue weighted by atomic mass is 9.93. The van der Waals surface area contributed by atoms with Crippen LogP contribution in [0.25, 0.3) is 0 Å². The highest BCUT2D eigenvalue weighted by molar-refractivity contribution is 7.89. The van der Waals surface area contributed by atoms with Crippen LogP contribution in [0.5, 0.6) is 0 Å². The van der Waals surface area contributed by atoms with Crippen molar-refractivity contribution < 1.29 is 8.42 Å². The van der Waals surface area contributed by atoms with E-state index < -0.39 is 10.0 Å². The van der Waals surface area contributed by atoms with Crippen molar-refractivity contribution >= 4 is 27.3 Å². The Morgan fingerprint density at radius 3 is 2.44 bits per heavy atom.